The maximum absolute atomic E-state index is 9.09. The SMILES string of the molecule is C=CC(N)C(C)(C)O. The lowest BCUT2D eigenvalue weighted by Crippen LogP contribution is -2.41. The number of aliphatic hydroxyl groups is 1. The van der Waals surface area contributed by atoms with Crippen molar-refractivity contribution in [3.8, 4) is 0 Å². The van der Waals surface area contributed by atoms with Gasteiger partial charge in [-0.2, -0.15) is 0 Å². The van der Waals surface area contributed by atoms with Crippen LogP contribution in [-0.2, 0) is 0 Å². The van der Waals surface area contributed by atoms with Crippen LogP contribution in [0.5, 0.6) is 0 Å². The molecule has 0 aliphatic carbocycles. The molecule has 3 N–H and O–H groups in total. The van der Waals surface area contributed by atoms with Crippen molar-refractivity contribution in [2.24, 2.45) is 5.73 Å². The minimum atomic E-state index is -0.832. The van der Waals surface area contributed by atoms with Crippen molar-refractivity contribution < 1.29 is 5.11 Å². The monoisotopic (exact) mass is 115 g/mol. The van der Waals surface area contributed by atoms with Gasteiger partial charge >= 0.3 is 0 Å². The second-order valence-corrected chi connectivity index (χ2v) is 2.42. The van der Waals surface area contributed by atoms with Crippen molar-refractivity contribution in [3.05, 3.63) is 12.7 Å². The Morgan fingerprint density at radius 2 is 2.12 bits per heavy atom. The second-order valence-electron chi connectivity index (χ2n) is 2.42. The molecule has 48 valence electrons. The summed E-state index contributed by atoms with van der Waals surface area (Å²) >= 11 is 0. The molecule has 0 rings (SSSR count). The summed E-state index contributed by atoms with van der Waals surface area (Å²) < 4.78 is 0. The molecular weight excluding hydrogens is 102 g/mol. The van der Waals surface area contributed by atoms with Crippen LogP contribution in [0, 0.1) is 0 Å². The molecule has 0 spiro atoms. The molecule has 2 heteroatoms. The maximum Gasteiger partial charge on any atom is 0.0777 e. The Hall–Kier alpha value is -0.340. The third kappa shape index (κ3) is 2.09. The van der Waals surface area contributed by atoms with Crippen molar-refractivity contribution in [1.29, 1.82) is 0 Å². The first-order valence-electron chi connectivity index (χ1n) is 2.59. The summed E-state index contributed by atoms with van der Waals surface area (Å²) in [6, 6.07) is -0.331. The molecule has 0 saturated carbocycles. The van der Waals surface area contributed by atoms with Crippen molar-refractivity contribution in [2.75, 3.05) is 0 Å². The predicted octanol–water partition coefficient (Wildman–Crippen LogP) is 0.271. The Kier molecular flexibility index (Phi) is 2.19. The van der Waals surface area contributed by atoms with E-state index in [1.54, 1.807) is 13.8 Å². The lowest BCUT2D eigenvalue weighted by atomic mass is 10.0. The van der Waals surface area contributed by atoms with Gasteiger partial charge in [0.2, 0.25) is 0 Å². The molecule has 0 heterocycles. The third-order valence-corrected chi connectivity index (χ3v) is 1.07. The maximum atomic E-state index is 9.09. The van der Waals surface area contributed by atoms with E-state index in [-0.39, 0.29) is 6.04 Å². The molecule has 0 radical (unpaired) electrons. The molecule has 8 heavy (non-hydrogen) atoms. The van der Waals surface area contributed by atoms with E-state index in [2.05, 4.69) is 6.58 Å². The first-order valence-corrected chi connectivity index (χ1v) is 2.59. The van der Waals surface area contributed by atoms with Crippen LogP contribution >= 0.6 is 0 Å². The normalized spacial score (nSPS) is 15.5. The summed E-state index contributed by atoms with van der Waals surface area (Å²) in [5, 5.41) is 9.09. The van der Waals surface area contributed by atoms with E-state index in [0.717, 1.165) is 0 Å². The average Bonchev–Trinajstić information content (AvgIpc) is 1.62. The minimum Gasteiger partial charge on any atom is -0.389 e. The predicted molar refractivity (Wildman–Crippen MR) is 34.5 cm³/mol. The van der Waals surface area contributed by atoms with E-state index in [1.807, 2.05) is 0 Å². The fourth-order valence-electron chi connectivity index (χ4n) is 0.288. The highest BCUT2D eigenvalue weighted by Crippen LogP contribution is 2.05. The lowest BCUT2D eigenvalue weighted by Gasteiger charge is -2.21. The van der Waals surface area contributed by atoms with Crippen LogP contribution in [0.2, 0.25) is 0 Å². The van der Waals surface area contributed by atoms with Gasteiger partial charge in [0.25, 0.3) is 0 Å². The number of nitrogens with two attached hydrogens (primary N) is 1. The van der Waals surface area contributed by atoms with E-state index in [4.69, 9.17) is 10.8 Å². The number of hydrogen-bond donors (Lipinski definition) is 2. The van der Waals surface area contributed by atoms with E-state index in [0.29, 0.717) is 0 Å². The van der Waals surface area contributed by atoms with E-state index >= 15 is 0 Å². The second kappa shape index (κ2) is 2.29. The molecular formula is C6H13NO. The zero-order valence-corrected chi connectivity index (χ0v) is 5.39. The van der Waals surface area contributed by atoms with Gasteiger partial charge in [0.15, 0.2) is 0 Å². The molecule has 0 aliphatic rings. The highest BCUT2D eigenvalue weighted by Gasteiger charge is 2.18. The molecule has 1 unspecified atom stereocenters. The zero-order chi connectivity index (χ0) is 6.78. The third-order valence-electron chi connectivity index (χ3n) is 1.07. The lowest BCUT2D eigenvalue weighted by molar-refractivity contribution is 0.0672. The van der Waals surface area contributed by atoms with Crippen LogP contribution in [0.25, 0.3) is 0 Å². The van der Waals surface area contributed by atoms with Crippen LogP contribution < -0.4 is 5.73 Å². The Balaban J connectivity index is 3.80. The van der Waals surface area contributed by atoms with Crippen molar-refractivity contribution in [2.45, 2.75) is 25.5 Å². The molecule has 1 atom stereocenters. The van der Waals surface area contributed by atoms with Crippen LogP contribution in [0.3, 0.4) is 0 Å². The van der Waals surface area contributed by atoms with Gasteiger partial charge in [-0.05, 0) is 13.8 Å². The van der Waals surface area contributed by atoms with Crippen molar-refractivity contribution in [1.82, 2.24) is 0 Å². The smallest absolute Gasteiger partial charge is 0.0777 e. The van der Waals surface area contributed by atoms with Gasteiger partial charge in [-0.3, -0.25) is 0 Å². The topological polar surface area (TPSA) is 46.2 Å². The van der Waals surface area contributed by atoms with Crippen LogP contribution in [0.4, 0.5) is 0 Å². The van der Waals surface area contributed by atoms with Crippen molar-refractivity contribution in [3.63, 3.8) is 0 Å². The minimum absolute atomic E-state index is 0.331. The fraction of sp³-hybridized carbons (Fsp3) is 0.667. The first-order chi connectivity index (χ1) is 3.48. The Morgan fingerprint density at radius 1 is 1.75 bits per heavy atom. The Morgan fingerprint density at radius 3 is 2.12 bits per heavy atom. The molecule has 2 nitrogen and oxygen atoms in total. The summed E-state index contributed by atoms with van der Waals surface area (Å²) in [6.45, 7) is 6.75. The van der Waals surface area contributed by atoms with E-state index in [1.165, 1.54) is 6.08 Å². The van der Waals surface area contributed by atoms with Gasteiger partial charge in [-0.1, -0.05) is 6.08 Å². The van der Waals surface area contributed by atoms with Crippen molar-refractivity contribution >= 4 is 0 Å². The van der Waals surface area contributed by atoms with Gasteiger partial charge < -0.3 is 10.8 Å². The molecule has 0 aliphatic heterocycles. The van der Waals surface area contributed by atoms with Crippen LogP contribution in [0.15, 0.2) is 12.7 Å². The standard InChI is InChI=1S/C6H13NO/c1-4-5(7)6(2,3)8/h4-5,8H,1,7H2,2-3H3. The molecule has 0 bridgehead atoms. The summed E-state index contributed by atoms with van der Waals surface area (Å²) in [5.74, 6) is 0. The molecule has 0 fully saturated rings. The highest BCUT2D eigenvalue weighted by molar-refractivity contribution is 4.93. The van der Waals surface area contributed by atoms with E-state index < -0.39 is 5.60 Å². The first kappa shape index (κ1) is 7.66. The summed E-state index contributed by atoms with van der Waals surface area (Å²) in [4.78, 5) is 0. The highest BCUT2D eigenvalue weighted by atomic mass is 16.3. The summed E-state index contributed by atoms with van der Waals surface area (Å²) in [6.07, 6.45) is 1.53. The van der Waals surface area contributed by atoms with Gasteiger partial charge in [-0.15, -0.1) is 6.58 Å². The Bertz CT molecular complexity index is 83.0. The summed E-state index contributed by atoms with van der Waals surface area (Å²) in [5.41, 5.74) is 4.55. The molecule has 0 saturated heterocycles. The largest absolute Gasteiger partial charge is 0.389 e. The summed E-state index contributed by atoms with van der Waals surface area (Å²) in [7, 11) is 0. The molecule has 0 aromatic heterocycles. The van der Waals surface area contributed by atoms with Crippen LogP contribution in [0.1, 0.15) is 13.8 Å². The van der Waals surface area contributed by atoms with Gasteiger partial charge in [0.05, 0.1) is 11.6 Å². The molecule has 0 amide bonds. The zero-order valence-electron chi connectivity index (χ0n) is 5.39. The van der Waals surface area contributed by atoms with Crippen LogP contribution in [-0.4, -0.2) is 16.7 Å². The average molecular weight is 115 g/mol. The fourth-order valence-corrected chi connectivity index (χ4v) is 0.288. The Labute approximate surface area is 50.0 Å². The van der Waals surface area contributed by atoms with E-state index in [9.17, 15) is 0 Å². The van der Waals surface area contributed by atoms with Gasteiger partial charge in [0.1, 0.15) is 0 Å². The quantitative estimate of drug-likeness (QED) is 0.507. The number of hydrogen-bond acceptors (Lipinski definition) is 2. The van der Waals surface area contributed by atoms with Gasteiger partial charge in [-0.25, -0.2) is 0 Å². The number of rotatable bonds is 2. The molecule has 0 aromatic rings. The van der Waals surface area contributed by atoms with Gasteiger partial charge in [0, 0.05) is 0 Å². The molecule has 0 aromatic carbocycles.